The fourth-order valence-electron chi connectivity index (χ4n) is 3.67. The predicted molar refractivity (Wildman–Crippen MR) is 112 cm³/mol. The lowest BCUT2D eigenvalue weighted by Crippen LogP contribution is -3.14. The Labute approximate surface area is 172 Å². The van der Waals surface area contributed by atoms with Crippen LogP contribution in [0.15, 0.2) is 48.5 Å². The van der Waals surface area contributed by atoms with Crippen molar-refractivity contribution in [3.8, 4) is 5.75 Å². The van der Waals surface area contributed by atoms with Gasteiger partial charge in [-0.25, -0.2) is 0 Å². The number of hydrogen-bond acceptors (Lipinski definition) is 3. The molecule has 0 spiro atoms. The minimum Gasteiger partial charge on any atom is -0.497 e. The van der Waals surface area contributed by atoms with Crippen LogP contribution in [0.2, 0.25) is 0 Å². The maximum Gasteiger partial charge on any atom is 0.275 e. The Morgan fingerprint density at radius 3 is 2.41 bits per heavy atom. The monoisotopic (exact) mass is 396 g/mol. The molecule has 2 aromatic carbocycles. The van der Waals surface area contributed by atoms with Crippen molar-refractivity contribution in [2.24, 2.45) is 0 Å². The highest BCUT2D eigenvalue weighted by molar-refractivity contribution is 5.95. The van der Waals surface area contributed by atoms with Gasteiger partial charge < -0.3 is 20.3 Å². The highest BCUT2D eigenvalue weighted by Gasteiger charge is 2.25. The molecule has 0 unspecified atom stereocenters. The molecule has 29 heavy (non-hydrogen) atoms. The zero-order valence-corrected chi connectivity index (χ0v) is 17.2. The Hall–Kier alpha value is -2.86. The molecule has 1 fully saturated rings. The van der Waals surface area contributed by atoms with Crippen LogP contribution in [0.4, 0.5) is 0 Å². The van der Waals surface area contributed by atoms with Crippen molar-refractivity contribution in [1.82, 2.24) is 10.6 Å². The number of likely N-dealkylation sites (tertiary alicyclic amines) is 1. The molecule has 0 radical (unpaired) electrons. The van der Waals surface area contributed by atoms with E-state index in [1.54, 1.807) is 7.11 Å². The highest BCUT2D eigenvalue weighted by Crippen LogP contribution is 2.11. The minimum absolute atomic E-state index is 0.00575. The average Bonchev–Trinajstić information content (AvgIpc) is 2.74. The van der Waals surface area contributed by atoms with Gasteiger partial charge in [0.2, 0.25) is 0 Å². The van der Waals surface area contributed by atoms with Gasteiger partial charge in [0, 0.05) is 31.0 Å². The number of methoxy groups -OCH3 is 1. The van der Waals surface area contributed by atoms with Gasteiger partial charge in [-0.1, -0.05) is 30.3 Å². The first-order chi connectivity index (χ1) is 14.0. The first kappa shape index (κ1) is 20.9. The molecule has 1 heterocycles. The van der Waals surface area contributed by atoms with Gasteiger partial charge in [-0.2, -0.15) is 0 Å². The van der Waals surface area contributed by atoms with Crippen LogP contribution < -0.4 is 20.3 Å². The molecule has 0 atom stereocenters. The SMILES string of the molecule is COc1ccc(CNC(=O)C[NH+]2CCC(NC(=O)c3ccccc3C)CC2)cc1. The number of hydrogen-bond donors (Lipinski definition) is 3. The second-order valence-corrected chi connectivity index (χ2v) is 7.61. The summed E-state index contributed by atoms with van der Waals surface area (Å²) in [7, 11) is 1.64. The Morgan fingerprint density at radius 1 is 1.07 bits per heavy atom. The molecular formula is C23H30N3O3+. The van der Waals surface area contributed by atoms with Crippen LogP contribution in [0.5, 0.6) is 5.75 Å². The van der Waals surface area contributed by atoms with Crippen LogP contribution in [0, 0.1) is 6.92 Å². The first-order valence-corrected chi connectivity index (χ1v) is 10.1. The van der Waals surface area contributed by atoms with Crippen molar-refractivity contribution >= 4 is 11.8 Å². The summed E-state index contributed by atoms with van der Waals surface area (Å²) < 4.78 is 5.14. The summed E-state index contributed by atoms with van der Waals surface area (Å²) in [5.74, 6) is 0.855. The molecular weight excluding hydrogens is 366 g/mol. The predicted octanol–water partition coefficient (Wildman–Crippen LogP) is 1.10. The maximum atomic E-state index is 12.5. The Balaban J connectivity index is 1.38. The molecule has 0 saturated carbocycles. The van der Waals surface area contributed by atoms with Crippen molar-refractivity contribution < 1.29 is 19.2 Å². The summed E-state index contributed by atoms with van der Waals surface area (Å²) in [6, 6.07) is 15.5. The molecule has 6 nitrogen and oxygen atoms in total. The summed E-state index contributed by atoms with van der Waals surface area (Å²) in [5, 5.41) is 6.13. The molecule has 0 aromatic heterocycles. The van der Waals surface area contributed by atoms with Gasteiger partial charge in [0.05, 0.1) is 20.2 Å². The molecule has 2 amide bonds. The zero-order valence-electron chi connectivity index (χ0n) is 17.2. The van der Waals surface area contributed by atoms with E-state index in [1.807, 2.05) is 55.5 Å². The smallest absolute Gasteiger partial charge is 0.275 e. The van der Waals surface area contributed by atoms with E-state index in [-0.39, 0.29) is 17.9 Å². The maximum absolute atomic E-state index is 12.5. The third kappa shape index (κ3) is 6.06. The lowest BCUT2D eigenvalue weighted by atomic mass is 10.0. The van der Waals surface area contributed by atoms with Crippen LogP contribution >= 0.6 is 0 Å². The largest absolute Gasteiger partial charge is 0.497 e. The van der Waals surface area contributed by atoms with Crippen LogP contribution in [-0.4, -0.2) is 44.6 Å². The molecule has 0 bridgehead atoms. The van der Waals surface area contributed by atoms with Crippen molar-refractivity contribution in [2.45, 2.75) is 32.4 Å². The molecule has 1 aliphatic rings. The second-order valence-electron chi connectivity index (χ2n) is 7.61. The second kappa shape index (κ2) is 10.1. The first-order valence-electron chi connectivity index (χ1n) is 10.1. The number of benzene rings is 2. The number of amides is 2. The van der Waals surface area contributed by atoms with Gasteiger partial charge in [-0.15, -0.1) is 0 Å². The van der Waals surface area contributed by atoms with E-state index in [0.717, 1.165) is 48.4 Å². The summed E-state index contributed by atoms with van der Waals surface area (Å²) in [6.07, 6.45) is 1.78. The van der Waals surface area contributed by atoms with Gasteiger partial charge in [-0.3, -0.25) is 9.59 Å². The average molecular weight is 397 g/mol. The molecule has 1 aliphatic heterocycles. The number of ether oxygens (including phenoxy) is 1. The Bertz CT molecular complexity index is 828. The number of rotatable bonds is 7. The van der Waals surface area contributed by atoms with Gasteiger partial charge in [0.25, 0.3) is 11.8 Å². The van der Waals surface area contributed by atoms with Crippen LogP contribution in [-0.2, 0) is 11.3 Å². The molecule has 1 saturated heterocycles. The fourth-order valence-corrected chi connectivity index (χ4v) is 3.67. The van der Waals surface area contributed by atoms with Crippen LogP contribution in [0.1, 0.15) is 34.3 Å². The van der Waals surface area contributed by atoms with E-state index in [4.69, 9.17) is 4.74 Å². The summed E-state index contributed by atoms with van der Waals surface area (Å²) >= 11 is 0. The number of carbonyl (C=O) groups is 2. The molecule has 0 aliphatic carbocycles. The number of nitrogens with one attached hydrogen (secondary N) is 3. The number of quaternary nitrogens is 1. The van der Waals surface area contributed by atoms with Crippen LogP contribution in [0.25, 0.3) is 0 Å². The van der Waals surface area contributed by atoms with Crippen LogP contribution in [0.3, 0.4) is 0 Å². The van der Waals surface area contributed by atoms with Crippen molar-refractivity contribution in [3.05, 3.63) is 65.2 Å². The Morgan fingerprint density at radius 2 is 1.76 bits per heavy atom. The number of aryl methyl sites for hydroxylation is 1. The summed E-state index contributed by atoms with van der Waals surface area (Å²) in [5.41, 5.74) is 2.77. The lowest BCUT2D eigenvalue weighted by molar-refractivity contribution is -0.897. The highest BCUT2D eigenvalue weighted by atomic mass is 16.5. The Kier molecular flexibility index (Phi) is 7.25. The fraction of sp³-hybridized carbons (Fsp3) is 0.391. The molecule has 3 rings (SSSR count). The van der Waals surface area contributed by atoms with Gasteiger partial charge in [-0.05, 0) is 36.2 Å². The molecule has 3 N–H and O–H groups in total. The van der Waals surface area contributed by atoms with Gasteiger partial charge in [0.1, 0.15) is 5.75 Å². The summed E-state index contributed by atoms with van der Waals surface area (Å²) in [4.78, 5) is 26.0. The van der Waals surface area contributed by atoms with Crippen molar-refractivity contribution in [3.63, 3.8) is 0 Å². The quantitative estimate of drug-likeness (QED) is 0.656. The lowest BCUT2D eigenvalue weighted by Gasteiger charge is -2.29. The normalized spacial score (nSPS) is 18.7. The number of piperidine rings is 1. The third-order valence-electron chi connectivity index (χ3n) is 5.48. The standard InChI is InChI=1S/C23H29N3O3/c1-17-5-3-4-6-21(17)23(28)25-19-11-13-26(14-12-19)16-22(27)24-15-18-7-9-20(29-2)10-8-18/h3-10,19H,11-16H2,1-2H3,(H,24,27)(H,25,28)/p+1. The summed E-state index contributed by atoms with van der Waals surface area (Å²) in [6.45, 7) is 4.70. The van der Waals surface area contributed by atoms with E-state index in [2.05, 4.69) is 10.6 Å². The van der Waals surface area contributed by atoms with E-state index in [0.29, 0.717) is 13.1 Å². The van der Waals surface area contributed by atoms with Crippen molar-refractivity contribution in [2.75, 3.05) is 26.7 Å². The third-order valence-corrected chi connectivity index (χ3v) is 5.48. The van der Waals surface area contributed by atoms with E-state index in [1.165, 1.54) is 4.90 Å². The minimum atomic E-state index is -0.00575. The number of carbonyl (C=O) groups excluding carboxylic acids is 2. The van der Waals surface area contributed by atoms with E-state index < -0.39 is 0 Å². The zero-order chi connectivity index (χ0) is 20.6. The van der Waals surface area contributed by atoms with Crippen molar-refractivity contribution in [1.29, 1.82) is 0 Å². The van der Waals surface area contributed by atoms with E-state index >= 15 is 0 Å². The van der Waals surface area contributed by atoms with Gasteiger partial charge in [0.15, 0.2) is 6.54 Å². The van der Waals surface area contributed by atoms with E-state index in [9.17, 15) is 9.59 Å². The molecule has 2 aromatic rings. The topological polar surface area (TPSA) is 71.9 Å². The van der Waals surface area contributed by atoms with Gasteiger partial charge >= 0.3 is 0 Å². The molecule has 6 heteroatoms. The molecule has 154 valence electrons.